The first kappa shape index (κ1) is 28.1. The summed E-state index contributed by atoms with van der Waals surface area (Å²) in [5, 5.41) is 11.0. The number of carbonyl (C=O) groups excluding carboxylic acids is 3. The number of carbonyl (C=O) groups is 3. The second-order valence-corrected chi connectivity index (χ2v) is 10.8. The van der Waals surface area contributed by atoms with E-state index in [2.05, 4.69) is 20.6 Å². The molecule has 0 atom stereocenters. The maximum absolute atomic E-state index is 16.4. The van der Waals surface area contributed by atoms with E-state index < -0.39 is 5.82 Å². The van der Waals surface area contributed by atoms with Gasteiger partial charge in [0.05, 0.1) is 31.4 Å². The Morgan fingerprint density at radius 3 is 2.67 bits per heavy atom. The van der Waals surface area contributed by atoms with Gasteiger partial charge in [0.25, 0.3) is 5.91 Å². The molecule has 1 saturated heterocycles. The maximum atomic E-state index is 16.4. The molecule has 3 amide bonds. The molecular weight excluding hydrogens is 553 g/mol. The van der Waals surface area contributed by atoms with Crippen LogP contribution in [0.5, 0.6) is 5.75 Å². The van der Waals surface area contributed by atoms with Crippen molar-refractivity contribution < 1.29 is 23.5 Å². The number of fused-ring (bicyclic) bond motifs is 1. The topological polar surface area (TPSA) is 125 Å². The van der Waals surface area contributed by atoms with E-state index in [1.54, 1.807) is 46.1 Å². The molecule has 11 nitrogen and oxygen atoms in total. The number of likely N-dealkylation sites (tertiary alicyclic amines) is 1. The van der Waals surface area contributed by atoms with E-state index in [0.29, 0.717) is 60.4 Å². The number of hydrogen-bond acceptors (Lipinski definition) is 6. The van der Waals surface area contributed by atoms with Gasteiger partial charge in [-0.05, 0) is 35.8 Å². The smallest absolute Gasteiger partial charge is 0.270 e. The van der Waals surface area contributed by atoms with Gasteiger partial charge in [-0.15, -0.1) is 5.10 Å². The minimum absolute atomic E-state index is 0.0487. The van der Waals surface area contributed by atoms with E-state index >= 15 is 4.39 Å². The Morgan fingerprint density at radius 1 is 1.12 bits per heavy atom. The summed E-state index contributed by atoms with van der Waals surface area (Å²) in [6.45, 7) is 3.42. The summed E-state index contributed by atoms with van der Waals surface area (Å²) in [5.41, 5.74) is 2.97. The molecular formula is C31H32FN7O4. The molecule has 6 rings (SSSR count). The average molecular weight is 586 g/mol. The fourth-order valence-electron chi connectivity index (χ4n) is 5.76. The van der Waals surface area contributed by atoms with Crippen molar-refractivity contribution in [1.82, 2.24) is 35.1 Å². The van der Waals surface area contributed by atoms with Gasteiger partial charge in [0.2, 0.25) is 11.8 Å². The highest BCUT2D eigenvalue weighted by atomic mass is 19.1. The number of amides is 3. The Morgan fingerprint density at radius 2 is 1.93 bits per heavy atom. The molecule has 0 spiro atoms. The first-order valence-corrected chi connectivity index (χ1v) is 14.2. The number of ether oxygens (including phenoxy) is 1. The molecule has 4 heterocycles. The number of aromatic nitrogens is 4. The number of hydrogen-bond donors (Lipinski definition) is 2. The van der Waals surface area contributed by atoms with Crippen molar-refractivity contribution in [1.29, 1.82) is 0 Å². The van der Waals surface area contributed by atoms with Gasteiger partial charge in [0.1, 0.15) is 11.4 Å². The van der Waals surface area contributed by atoms with Crippen molar-refractivity contribution in [2.45, 2.75) is 32.4 Å². The van der Waals surface area contributed by atoms with E-state index in [1.807, 2.05) is 30.3 Å². The molecule has 12 heteroatoms. The van der Waals surface area contributed by atoms with Crippen LogP contribution >= 0.6 is 0 Å². The Bertz CT molecular complexity index is 1720. The zero-order valence-corrected chi connectivity index (χ0v) is 24.0. The third-order valence-corrected chi connectivity index (χ3v) is 7.93. The third kappa shape index (κ3) is 5.60. The monoisotopic (exact) mass is 585 g/mol. The van der Waals surface area contributed by atoms with Crippen LogP contribution in [0.2, 0.25) is 0 Å². The minimum atomic E-state index is -0.490. The van der Waals surface area contributed by atoms with Crippen molar-refractivity contribution in [3.05, 3.63) is 71.9 Å². The Balaban J connectivity index is 1.34. The molecule has 2 aliphatic rings. The van der Waals surface area contributed by atoms with Gasteiger partial charge in [-0.2, -0.15) is 0 Å². The lowest BCUT2D eigenvalue weighted by Gasteiger charge is -2.39. The first-order chi connectivity index (χ1) is 20.8. The number of methoxy groups -OCH3 is 1. The Kier molecular flexibility index (Phi) is 7.66. The van der Waals surface area contributed by atoms with Crippen LogP contribution in [0.1, 0.15) is 35.8 Å². The van der Waals surface area contributed by atoms with Gasteiger partial charge in [0, 0.05) is 62.2 Å². The lowest BCUT2D eigenvalue weighted by atomic mass is 9.93. The van der Waals surface area contributed by atoms with Gasteiger partial charge < -0.3 is 24.8 Å². The van der Waals surface area contributed by atoms with E-state index in [1.165, 1.54) is 6.92 Å². The normalized spacial score (nSPS) is 15.3. The van der Waals surface area contributed by atoms with Crippen LogP contribution in [0.4, 0.5) is 4.39 Å². The van der Waals surface area contributed by atoms with Crippen molar-refractivity contribution in [3.63, 3.8) is 0 Å². The number of nitrogens with one attached hydrogen (secondary N) is 2. The molecule has 2 aromatic heterocycles. The third-order valence-electron chi connectivity index (χ3n) is 7.93. The van der Waals surface area contributed by atoms with Gasteiger partial charge in [-0.25, -0.2) is 4.39 Å². The molecule has 43 heavy (non-hydrogen) atoms. The zero-order chi connectivity index (χ0) is 30.1. The van der Waals surface area contributed by atoms with Crippen molar-refractivity contribution in [2.75, 3.05) is 33.3 Å². The quantitative estimate of drug-likeness (QED) is 0.327. The summed E-state index contributed by atoms with van der Waals surface area (Å²) >= 11 is 0. The van der Waals surface area contributed by atoms with Crippen molar-refractivity contribution in [2.24, 2.45) is 0 Å². The van der Waals surface area contributed by atoms with Crippen LogP contribution < -0.4 is 10.1 Å². The molecule has 0 saturated carbocycles. The van der Waals surface area contributed by atoms with Gasteiger partial charge in [-0.3, -0.25) is 19.1 Å². The lowest BCUT2D eigenvalue weighted by Crippen LogP contribution is -2.60. The molecule has 4 aromatic rings. The average Bonchev–Trinajstić information content (AvgIpc) is 3.68. The summed E-state index contributed by atoms with van der Waals surface area (Å²) in [5.74, 6) is -0.348. The summed E-state index contributed by atoms with van der Waals surface area (Å²) in [7, 11) is 1.58. The van der Waals surface area contributed by atoms with Crippen LogP contribution in [-0.2, 0) is 16.1 Å². The van der Waals surface area contributed by atoms with Crippen LogP contribution in [0.3, 0.4) is 0 Å². The summed E-state index contributed by atoms with van der Waals surface area (Å²) < 4.78 is 23.6. The molecule has 0 radical (unpaired) electrons. The standard InChI is InChI=1S/C31H32FN7O4/c1-19(40)34-21-17-38(18-21)31(42)26-15-25-24(22-7-3-4-8-27(22)43-2)14-23(29(32)30(25)35-26)20-6-5-11-37(16-20)28(41)9-12-39-13-10-33-36-39/h3-4,6-8,10,13-15,21,35H,5,9,11-12,16-18H2,1-2H3,(H,34,40). The Hall–Kier alpha value is -5.00. The summed E-state index contributed by atoms with van der Waals surface area (Å²) in [6, 6.07) is 10.8. The molecule has 1 fully saturated rings. The van der Waals surface area contributed by atoms with Crippen LogP contribution in [-0.4, -0.2) is 86.8 Å². The van der Waals surface area contributed by atoms with Gasteiger partial charge >= 0.3 is 0 Å². The second-order valence-electron chi connectivity index (χ2n) is 10.8. The van der Waals surface area contributed by atoms with Crippen molar-refractivity contribution in [3.8, 4) is 16.9 Å². The molecule has 2 aromatic carbocycles. The maximum Gasteiger partial charge on any atom is 0.270 e. The van der Waals surface area contributed by atoms with Gasteiger partial charge in [-0.1, -0.05) is 29.5 Å². The van der Waals surface area contributed by atoms with Crippen LogP contribution in [0.15, 0.2) is 54.9 Å². The number of para-hydroxylation sites is 1. The van der Waals surface area contributed by atoms with E-state index in [4.69, 9.17) is 4.74 Å². The highest BCUT2D eigenvalue weighted by Gasteiger charge is 2.33. The number of aromatic amines is 1. The molecule has 0 unspecified atom stereocenters. The number of H-pyrrole nitrogens is 1. The molecule has 0 bridgehead atoms. The lowest BCUT2D eigenvalue weighted by molar-refractivity contribution is -0.131. The zero-order valence-electron chi connectivity index (χ0n) is 24.0. The SMILES string of the molecule is COc1ccccc1-c1cc(C2=CCCN(C(=O)CCn3ccnn3)C2)c(F)c2[nH]c(C(=O)N3CC(NC(C)=O)C3)cc12. The van der Waals surface area contributed by atoms with Crippen LogP contribution in [0, 0.1) is 5.82 Å². The number of nitrogens with zero attached hydrogens (tertiary/aromatic N) is 5. The van der Waals surface area contributed by atoms with Crippen LogP contribution in [0.25, 0.3) is 27.6 Å². The van der Waals surface area contributed by atoms with Gasteiger partial charge in [0.15, 0.2) is 5.82 Å². The number of halogens is 1. The molecule has 222 valence electrons. The summed E-state index contributed by atoms with van der Waals surface area (Å²) in [6.07, 6.45) is 6.08. The predicted octanol–water partition coefficient (Wildman–Crippen LogP) is 3.24. The molecule has 0 aliphatic carbocycles. The number of benzene rings is 2. The second kappa shape index (κ2) is 11.7. The minimum Gasteiger partial charge on any atom is -0.496 e. The first-order valence-electron chi connectivity index (χ1n) is 14.2. The van der Waals surface area contributed by atoms with E-state index in [0.717, 1.165) is 5.56 Å². The fourth-order valence-corrected chi connectivity index (χ4v) is 5.76. The number of aryl methyl sites for hydroxylation is 1. The van der Waals surface area contributed by atoms with E-state index in [-0.39, 0.29) is 47.9 Å². The molecule has 2 N–H and O–H groups in total. The molecule has 2 aliphatic heterocycles. The predicted molar refractivity (Wildman–Crippen MR) is 158 cm³/mol. The van der Waals surface area contributed by atoms with Crippen molar-refractivity contribution >= 4 is 34.2 Å². The fraction of sp³-hybridized carbons (Fsp3) is 0.323. The highest BCUT2D eigenvalue weighted by molar-refractivity contribution is 6.05. The number of rotatable bonds is 8. The highest BCUT2D eigenvalue weighted by Crippen LogP contribution is 2.40. The summed E-state index contributed by atoms with van der Waals surface area (Å²) in [4.78, 5) is 44.1. The van der Waals surface area contributed by atoms with E-state index in [9.17, 15) is 14.4 Å². The Labute approximate surface area is 247 Å². The largest absolute Gasteiger partial charge is 0.496 e.